The predicted molar refractivity (Wildman–Crippen MR) is 92.3 cm³/mol. The number of hydrogen-bond donors (Lipinski definition) is 2. The van der Waals surface area contributed by atoms with E-state index in [1.165, 1.54) is 37.4 Å². The van der Waals surface area contributed by atoms with Crippen LogP contribution < -0.4 is 19.5 Å². The molecule has 0 radical (unpaired) electrons. The highest BCUT2D eigenvalue weighted by Gasteiger charge is 2.23. The number of benzene rings is 2. The van der Waals surface area contributed by atoms with E-state index in [9.17, 15) is 17.6 Å². The molecule has 2 N–H and O–H groups in total. The Kier molecular flexibility index (Phi) is 4.84. The van der Waals surface area contributed by atoms with Crippen molar-refractivity contribution in [2.45, 2.75) is 17.9 Å². The second-order valence-electron chi connectivity index (χ2n) is 5.73. The van der Waals surface area contributed by atoms with Gasteiger partial charge in [-0.15, -0.1) is 0 Å². The van der Waals surface area contributed by atoms with Crippen LogP contribution in [0.15, 0.2) is 41.3 Å². The van der Waals surface area contributed by atoms with E-state index in [1.54, 1.807) is 13.0 Å². The van der Waals surface area contributed by atoms with Crippen molar-refractivity contribution in [1.29, 1.82) is 0 Å². The molecule has 7 nitrogen and oxygen atoms in total. The van der Waals surface area contributed by atoms with E-state index in [1.807, 2.05) is 0 Å². The van der Waals surface area contributed by atoms with Crippen LogP contribution in [0.25, 0.3) is 0 Å². The molecule has 1 atom stereocenters. The molecule has 1 amide bonds. The smallest absolute Gasteiger partial charge is 0.262 e. The lowest BCUT2D eigenvalue weighted by atomic mass is 10.1. The van der Waals surface area contributed by atoms with Gasteiger partial charge in [-0.2, -0.15) is 0 Å². The second-order valence-corrected chi connectivity index (χ2v) is 7.45. The van der Waals surface area contributed by atoms with Gasteiger partial charge in [-0.3, -0.25) is 4.79 Å². The van der Waals surface area contributed by atoms with Crippen molar-refractivity contribution >= 4 is 21.6 Å². The normalized spacial score (nSPS) is 14.8. The summed E-state index contributed by atoms with van der Waals surface area (Å²) in [6.45, 7) is 1.49. The zero-order chi connectivity index (χ0) is 18.9. The molecule has 1 aliphatic rings. The van der Waals surface area contributed by atoms with Crippen molar-refractivity contribution in [3.05, 3.63) is 47.8 Å². The molecule has 2 aromatic carbocycles. The van der Waals surface area contributed by atoms with Gasteiger partial charge < -0.3 is 14.8 Å². The highest BCUT2D eigenvalue weighted by Crippen LogP contribution is 2.30. The van der Waals surface area contributed by atoms with E-state index in [-0.39, 0.29) is 28.8 Å². The summed E-state index contributed by atoms with van der Waals surface area (Å²) in [5.41, 5.74) is 0.730. The molecule has 1 heterocycles. The van der Waals surface area contributed by atoms with Crippen LogP contribution in [0.5, 0.6) is 11.5 Å². The van der Waals surface area contributed by atoms with Crippen LogP contribution in [0.2, 0.25) is 0 Å². The highest BCUT2D eigenvalue weighted by atomic mass is 32.2. The van der Waals surface area contributed by atoms with E-state index in [2.05, 4.69) is 10.0 Å². The molecule has 1 aliphatic heterocycles. The monoisotopic (exact) mass is 380 g/mol. The molecule has 2 aromatic rings. The lowest BCUT2D eigenvalue weighted by Gasteiger charge is -2.19. The average Bonchev–Trinajstić information content (AvgIpc) is 2.60. The van der Waals surface area contributed by atoms with Crippen LogP contribution in [0.3, 0.4) is 0 Å². The molecular formula is C17H17FN2O5S. The molecule has 0 fully saturated rings. The number of anilines is 1. The minimum atomic E-state index is -3.90. The molecule has 138 valence electrons. The fraction of sp³-hybridized carbons (Fsp3) is 0.235. The number of fused-ring (bicyclic) bond motifs is 1. The van der Waals surface area contributed by atoms with Crippen LogP contribution in [-0.2, 0) is 14.8 Å². The van der Waals surface area contributed by atoms with Gasteiger partial charge in [-0.25, -0.2) is 17.5 Å². The molecule has 0 saturated heterocycles. The first-order valence-corrected chi connectivity index (χ1v) is 9.21. The quantitative estimate of drug-likeness (QED) is 0.830. The SMILES string of the molecule is COc1ccc(C(C)NS(=O)(=O)c2ccc3c(c2)NC(=O)CO3)cc1F. The summed E-state index contributed by atoms with van der Waals surface area (Å²) in [6.07, 6.45) is 0. The van der Waals surface area contributed by atoms with Gasteiger partial charge in [0.1, 0.15) is 5.75 Å². The standard InChI is InChI=1S/C17H17FN2O5S/c1-10(11-3-5-15(24-2)13(18)7-11)20-26(22,23)12-4-6-16-14(8-12)19-17(21)9-25-16/h3-8,10,20H,9H2,1-2H3,(H,19,21). The Bertz CT molecular complexity index is 962. The van der Waals surface area contributed by atoms with E-state index in [0.717, 1.165) is 0 Å². The molecule has 0 saturated carbocycles. The van der Waals surface area contributed by atoms with Gasteiger partial charge in [0, 0.05) is 6.04 Å². The zero-order valence-electron chi connectivity index (χ0n) is 14.1. The molecule has 3 rings (SSSR count). The second kappa shape index (κ2) is 6.93. The number of nitrogens with one attached hydrogen (secondary N) is 2. The van der Waals surface area contributed by atoms with E-state index in [0.29, 0.717) is 11.3 Å². The maximum atomic E-state index is 13.8. The lowest BCUT2D eigenvalue weighted by Crippen LogP contribution is -2.28. The van der Waals surface area contributed by atoms with Gasteiger partial charge in [0.15, 0.2) is 18.2 Å². The Morgan fingerprint density at radius 3 is 2.73 bits per heavy atom. The Balaban J connectivity index is 1.83. The fourth-order valence-corrected chi connectivity index (χ4v) is 3.81. The van der Waals surface area contributed by atoms with Crippen LogP contribution in [0, 0.1) is 5.82 Å². The molecule has 9 heteroatoms. The van der Waals surface area contributed by atoms with E-state index >= 15 is 0 Å². The first kappa shape index (κ1) is 18.2. The van der Waals surface area contributed by atoms with Gasteiger partial charge in [0.05, 0.1) is 17.7 Å². The Morgan fingerprint density at radius 1 is 1.27 bits per heavy atom. The van der Waals surface area contributed by atoms with Crippen molar-refractivity contribution in [2.24, 2.45) is 0 Å². The molecule has 26 heavy (non-hydrogen) atoms. The summed E-state index contributed by atoms with van der Waals surface area (Å²) in [5.74, 6) is -0.463. The molecule has 1 unspecified atom stereocenters. The van der Waals surface area contributed by atoms with Gasteiger partial charge in [0.2, 0.25) is 10.0 Å². The first-order chi connectivity index (χ1) is 12.3. The third-order valence-corrected chi connectivity index (χ3v) is 5.44. The fourth-order valence-electron chi connectivity index (χ4n) is 2.55. The van der Waals surface area contributed by atoms with Crippen molar-refractivity contribution in [3.63, 3.8) is 0 Å². The number of methoxy groups -OCH3 is 1. The molecule has 0 aliphatic carbocycles. The van der Waals surface area contributed by atoms with Crippen molar-refractivity contribution < 1.29 is 27.1 Å². The summed E-state index contributed by atoms with van der Waals surface area (Å²) in [4.78, 5) is 11.3. The minimum absolute atomic E-state index is 0.0390. The summed E-state index contributed by atoms with van der Waals surface area (Å²) in [5, 5.41) is 2.56. The summed E-state index contributed by atoms with van der Waals surface area (Å²) in [7, 11) is -2.55. The molecule has 0 bridgehead atoms. The Labute approximate surface area is 150 Å². The third-order valence-electron chi connectivity index (χ3n) is 3.90. The first-order valence-electron chi connectivity index (χ1n) is 7.72. The molecule has 0 aromatic heterocycles. The predicted octanol–water partition coefficient (Wildman–Crippen LogP) is 2.20. The number of amides is 1. The van der Waals surface area contributed by atoms with Crippen LogP contribution in [0.1, 0.15) is 18.5 Å². The number of carbonyl (C=O) groups is 1. The zero-order valence-corrected chi connectivity index (χ0v) is 14.9. The lowest BCUT2D eigenvalue weighted by molar-refractivity contribution is -0.118. The molecular weight excluding hydrogens is 363 g/mol. The number of hydrogen-bond acceptors (Lipinski definition) is 5. The van der Waals surface area contributed by atoms with Crippen LogP contribution >= 0.6 is 0 Å². The summed E-state index contributed by atoms with van der Waals surface area (Å²) in [6, 6.07) is 7.71. The number of sulfonamides is 1. The highest BCUT2D eigenvalue weighted by molar-refractivity contribution is 7.89. The Hall–Kier alpha value is -2.65. The van der Waals surface area contributed by atoms with E-state index in [4.69, 9.17) is 9.47 Å². The van der Waals surface area contributed by atoms with Crippen molar-refractivity contribution in [2.75, 3.05) is 19.0 Å². The van der Waals surface area contributed by atoms with Crippen molar-refractivity contribution in [1.82, 2.24) is 4.72 Å². The van der Waals surface area contributed by atoms with Gasteiger partial charge in [-0.05, 0) is 42.8 Å². The average molecular weight is 380 g/mol. The van der Waals surface area contributed by atoms with Gasteiger partial charge in [0.25, 0.3) is 5.91 Å². The topological polar surface area (TPSA) is 93.7 Å². The number of halogens is 1. The maximum Gasteiger partial charge on any atom is 0.262 e. The summed E-state index contributed by atoms with van der Waals surface area (Å²) < 4.78 is 51.6. The molecule has 0 spiro atoms. The van der Waals surface area contributed by atoms with Gasteiger partial charge in [-0.1, -0.05) is 6.07 Å². The van der Waals surface area contributed by atoms with Gasteiger partial charge >= 0.3 is 0 Å². The third kappa shape index (κ3) is 3.63. The van der Waals surface area contributed by atoms with Crippen molar-refractivity contribution in [3.8, 4) is 11.5 Å². The minimum Gasteiger partial charge on any atom is -0.494 e. The number of rotatable bonds is 5. The largest absolute Gasteiger partial charge is 0.494 e. The van der Waals surface area contributed by atoms with Crippen LogP contribution in [-0.4, -0.2) is 28.0 Å². The maximum absolute atomic E-state index is 13.8. The Morgan fingerprint density at radius 2 is 2.04 bits per heavy atom. The van der Waals surface area contributed by atoms with Crippen LogP contribution in [0.4, 0.5) is 10.1 Å². The number of carbonyl (C=O) groups excluding carboxylic acids is 1. The van der Waals surface area contributed by atoms with E-state index < -0.39 is 21.9 Å². The number of ether oxygens (including phenoxy) is 2. The summed E-state index contributed by atoms with van der Waals surface area (Å²) >= 11 is 0.